The number of amides is 1. The topological polar surface area (TPSA) is 71.5 Å². The van der Waals surface area contributed by atoms with Crippen molar-refractivity contribution in [2.75, 3.05) is 5.32 Å². The van der Waals surface area contributed by atoms with E-state index in [9.17, 15) is 9.90 Å². The highest BCUT2D eigenvalue weighted by molar-refractivity contribution is 5.85. The van der Waals surface area contributed by atoms with E-state index in [1.807, 2.05) is 6.07 Å². The van der Waals surface area contributed by atoms with Gasteiger partial charge in [0.25, 0.3) is 0 Å². The molecule has 20 heavy (non-hydrogen) atoms. The SMILES string of the molecule is CC(C)(O)c1ccc(NC(=O)Oc2ccccc2)cn1. The van der Waals surface area contributed by atoms with E-state index in [1.54, 1.807) is 50.2 Å². The predicted octanol–water partition coefficient (Wildman–Crippen LogP) is 2.92. The summed E-state index contributed by atoms with van der Waals surface area (Å²) < 4.78 is 5.09. The Labute approximate surface area is 117 Å². The molecule has 0 saturated heterocycles. The van der Waals surface area contributed by atoms with E-state index in [1.165, 1.54) is 6.20 Å². The van der Waals surface area contributed by atoms with Crippen LogP contribution in [0.5, 0.6) is 5.75 Å². The van der Waals surface area contributed by atoms with Gasteiger partial charge in [0.1, 0.15) is 11.4 Å². The van der Waals surface area contributed by atoms with Gasteiger partial charge in [0.05, 0.1) is 17.6 Å². The maximum atomic E-state index is 11.7. The number of para-hydroxylation sites is 1. The van der Waals surface area contributed by atoms with Crippen LogP contribution < -0.4 is 10.1 Å². The van der Waals surface area contributed by atoms with Gasteiger partial charge in [-0.3, -0.25) is 10.3 Å². The van der Waals surface area contributed by atoms with Crippen molar-refractivity contribution in [1.29, 1.82) is 0 Å². The monoisotopic (exact) mass is 272 g/mol. The van der Waals surface area contributed by atoms with Crippen molar-refractivity contribution in [1.82, 2.24) is 4.98 Å². The number of aliphatic hydroxyl groups is 1. The first-order valence-corrected chi connectivity index (χ1v) is 6.18. The lowest BCUT2D eigenvalue weighted by atomic mass is 10.1. The quantitative estimate of drug-likeness (QED) is 0.901. The number of ether oxygens (including phenoxy) is 1. The number of pyridine rings is 1. The largest absolute Gasteiger partial charge is 0.417 e. The number of carbonyl (C=O) groups excluding carboxylic acids is 1. The van der Waals surface area contributed by atoms with Gasteiger partial charge in [-0.05, 0) is 38.1 Å². The van der Waals surface area contributed by atoms with Crippen LogP contribution in [0.3, 0.4) is 0 Å². The van der Waals surface area contributed by atoms with Crippen molar-refractivity contribution in [3.63, 3.8) is 0 Å². The van der Waals surface area contributed by atoms with Crippen molar-refractivity contribution in [2.24, 2.45) is 0 Å². The molecule has 0 spiro atoms. The molecule has 0 unspecified atom stereocenters. The Bertz CT molecular complexity index is 574. The van der Waals surface area contributed by atoms with E-state index in [2.05, 4.69) is 10.3 Å². The first-order valence-electron chi connectivity index (χ1n) is 6.18. The summed E-state index contributed by atoms with van der Waals surface area (Å²) >= 11 is 0. The molecule has 0 aliphatic carbocycles. The highest BCUT2D eigenvalue weighted by atomic mass is 16.6. The van der Waals surface area contributed by atoms with E-state index in [4.69, 9.17) is 4.74 Å². The van der Waals surface area contributed by atoms with Crippen LogP contribution in [0.2, 0.25) is 0 Å². The third-order valence-corrected chi connectivity index (χ3v) is 2.59. The summed E-state index contributed by atoms with van der Waals surface area (Å²) in [5.74, 6) is 0.464. The summed E-state index contributed by atoms with van der Waals surface area (Å²) in [6, 6.07) is 12.1. The average Bonchev–Trinajstić information content (AvgIpc) is 2.39. The first kappa shape index (κ1) is 14.0. The highest BCUT2D eigenvalue weighted by Crippen LogP contribution is 2.18. The molecule has 2 rings (SSSR count). The number of nitrogens with one attached hydrogen (secondary N) is 1. The third kappa shape index (κ3) is 3.80. The smallest absolute Gasteiger partial charge is 0.410 e. The van der Waals surface area contributed by atoms with E-state index >= 15 is 0 Å². The minimum absolute atomic E-state index is 0.464. The minimum Gasteiger partial charge on any atom is -0.410 e. The summed E-state index contributed by atoms with van der Waals surface area (Å²) in [5.41, 5.74) is 0.0155. The van der Waals surface area contributed by atoms with Crippen LogP contribution in [0, 0.1) is 0 Å². The highest BCUT2D eigenvalue weighted by Gasteiger charge is 2.17. The van der Waals surface area contributed by atoms with Gasteiger partial charge in [-0.1, -0.05) is 18.2 Å². The number of hydrogen-bond acceptors (Lipinski definition) is 4. The fourth-order valence-corrected chi connectivity index (χ4v) is 1.57. The van der Waals surface area contributed by atoms with Crippen LogP contribution in [0.4, 0.5) is 10.5 Å². The van der Waals surface area contributed by atoms with Crippen molar-refractivity contribution in [3.8, 4) is 5.75 Å². The van der Waals surface area contributed by atoms with Gasteiger partial charge < -0.3 is 9.84 Å². The molecular weight excluding hydrogens is 256 g/mol. The second kappa shape index (κ2) is 5.71. The number of anilines is 1. The Hall–Kier alpha value is -2.40. The Morgan fingerprint density at radius 1 is 1.20 bits per heavy atom. The summed E-state index contributed by atoms with van der Waals surface area (Å²) in [7, 11) is 0. The molecule has 0 aliphatic heterocycles. The Morgan fingerprint density at radius 2 is 1.90 bits per heavy atom. The summed E-state index contributed by atoms with van der Waals surface area (Å²) in [5, 5.41) is 12.3. The molecule has 1 heterocycles. The molecule has 0 atom stereocenters. The summed E-state index contributed by atoms with van der Waals surface area (Å²) in [6.07, 6.45) is 0.883. The van der Waals surface area contributed by atoms with Crippen molar-refractivity contribution < 1.29 is 14.6 Å². The number of benzene rings is 1. The lowest BCUT2D eigenvalue weighted by Crippen LogP contribution is -2.19. The standard InChI is InChI=1S/C15H16N2O3/c1-15(2,19)13-9-8-11(10-16-13)17-14(18)20-12-6-4-3-5-7-12/h3-10,19H,1-2H3,(H,17,18). The zero-order valence-corrected chi connectivity index (χ0v) is 11.3. The molecule has 1 aromatic carbocycles. The van der Waals surface area contributed by atoms with Gasteiger partial charge in [-0.25, -0.2) is 4.79 Å². The molecule has 0 aliphatic rings. The molecule has 5 nitrogen and oxygen atoms in total. The second-order valence-electron chi connectivity index (χ2n) is 4.82. The maximum Gasteiger partial charge on any atom is 0.417 e. The van der Waals surface area contributed by atoms with E-state index in [-0.39, 0.29) is 0 Å². The van der Waals surface area contributed by atoms with Crippen LogP contribution in [0.1, 0.15) is 19.5 Å². The Kier molecular flexibility index (Phi) is 4.00. The Morgan fingerprint density at radius 3 is 2.45 bits per heavy atom. The van der Waals surface area contributed by atoms with Crippen molar-refractivity contribution >= 4 is 11.8 Å². The number of nitrogens with zero attached hydrogens (tertiary/aromatic N) is 1. The van der Waals surface area contributed by atoms with Gasteiger partial charge in [-0.2, -0.15) is 0 Å². The molecule has 104 valence electrons. The van der Waals surface area contributed by atoms with Crippen LogP contribution in [-0.2, 0) is 5.60 Å². The number of carbonyl (C=O) groups is 1. The van der Waals surface area contributed by atoms with E-state index < -0.39 is 11.7 Å². The summed E-state index contributed by atoms with van der Waals surface area (Å²) in [6.45, 7) is 3.29. The van der Waals surface area contributed by atoms with Gasteiger partial charge in [0.15, 0.2) is 0 Å². The van der Waals surface area contributed by atoms with Gasteiger partial charge in [0.2, 0.25) is 0 Å². The number of aromatic nitrogens is 1. The zero-order chi connectivity index (χ0) is 14.6. The van der Waals surface area contributed by atoms with Gasteiger partial charge in [-0.15, -0.1) is 0 Å². The lowest BCUT2D eigenvalue weighted by Gasteiger charge is -2.16. The van der Waals surface area contributed by atoms with Crippen LogP contribution in [-0.4, -0.2) is 16.2 Å². The number of rotatable bonds is 3. The number of hydrogen-bond donors (Lipinski definition) is 2. The van der Waals surface area contributed by atoms with E-state index in [0.29, 0.717) is 17.1 Å². The molecule has 2 aromatic rings. The normalized spacial score (nSPS) is 10.9. The fourth-order valence-electron chi connectivity index (χ4n) is 1.57. The van der Waals surface area contributed by atoms with Crippen LogP contribution >= 0.6 is 0 Å². The minimum atomic E-state index is -1.01. The average molecular weight is 272 g/mol. The van der Waals surface area contributed by atoms with Crippen molar-refractivity contribution in [3.05, 3.63) is 54.4 Å². The Balaban J connectivity index is 1.98. The third-order valence-electron chi connectivity index (χ3n) is 2.59. The van der Waals surface area contributed by atoms with E-state index in [0.717, 1.165) is 0 Å². The maximum absolute atomic E-state index is 11.7. The van der Waals surface area contributed by atoms with Crippen molar-refractivity contribution in [2.45, 2.75) is 19.4 Å². The molecule has 2 N–H and O–H groups in total. The first-order chi connectivity index (χ1) is 9.45. The molecule has 0 bridgehead atoms. The molecule has 0 saturated carbocycles. The van der Waals surface area contributed by atoms with Crippen LogP contribution in [0.15, 0.2) is 48.7 Å². The molecular formula is C15H16N2O3. The van der Waals surface area contributed by atoms with Gasteiger partial charge in [0, 0.05) is 0 Å². The molecule has 0 radical (unpaired) electrons. The molecule has 1 aromatic heterocycles. The zero-order valence-electron chi connectivity index (χ0n) is 11.3. The molecule has 5 heteroatoms. The molecule has 0 fully saturated rings. The van der Waals surface area contributed by atoms with Gasteiger partial charge >= 0.3 is 6.09 Å². The predicted molar refractivity (Wildman–Crippen MR) is 75.6 cm³/mol. The molecule has 1 amide bonds. The lowest BCUT2D eigenvalue weighted by molar-refractivity contribution is 0.0739. The van der Waals surface area contributed by atoms with Crippen LogP contribution in [0.25, 0.3) is 0 Å². The fraction of sp³-hybridized carbons (Fsp3) is 0.200. The summed E-state index contributed by atoms with van der Waals surface area (Å²) in [4.78, 5) is 15.7. The second-order valence-corrected chi connectivity index (χ2v) is 4.82.